The number of halogens is 1. The molecule has 0 aliphatic carbocycles. The van der Waals surface area contributed by atoms with Crippen LogP contribution in [0.5, 0.6) is 0 Å². The highest BCUT2D eigenvalue weighted by Crippen LogP contribution is 2.23. The summed E-state index contributed by atoms with van der Waals surface area (Å²) in [5.41, 5.74) is 12.7. The van der Waals surface area contributed by atoms with Gasteiger partial charge < -0.3 is 16.4 Å². The van der Waals surface area contributed by atoms with Crippen molar-refractivity contribution in [3.63, 3.8) is 0 Å². The fourth-order valence-corrected chi connectivity index (χ4v) is 1.48. The molecule has 84 valence electrons. The molecule has 0 amide bonds. The Kier molecular flexibility index (Phi) is 3.91. The second-order valence-corrected chi connectivity index (χ2v) is 3.94. The minimum Gasteiger partial charge on any atom is -0.397 e. The first-order chi connectivity index (χ1) is 7.02. The van der Waals surface area contributed by atoms with Gasteiger partial charge >= 0.3 is 0 Å². The number of nitrogens with two attached hydrogens (primary N) is 2. The highest BCUT2D eigenvalue weighted by Gasteiger charge is 2.08. The molecule has 0 saturated heterocycles. The molecule has 0 unspecified atom stereocenters. The minimum atomic E-state index is -0.263. The Balaban J connectivity index is 2.71. The number of benzene rings is 1. The van der Waals surface area contributed by atoms with Crippen molar-refractivity contribution < 1.29 is 4.39 Å². The van der Waals surface area contributed by atoms with Gasteiger partial charge in [-0.05, 0) is 45.6 Å². The van der Waals surface area contributed by atoms with Gasteiger partial charge in [-0.3, -0.25) is 0 Å². The van der Waals surface area contributed by atoms with Gasteiger partial charge in [-0.15, -0.1) is 0 Å². The molecule has 1 aromatic carbocycles. The third-order valence-electron chi connectivity index (χ3n) is 2.37. The third kappa shape index (κ3) is 3.09. The molecule has 0 saturated carbocycles. The molecule has 0 aromatic heterocycles. The van der Waals surface area contributed by atoms with Crippen molar-refractivity contribution in [1.29, 1.82) is 0 Å². The van der Waals surface area contributed by atoms with Gasteiger partial charge in [0.1, 0.15) is 5.82 Å². The molecule has 4 heteroatoms. The molecule has 0 atom stereocenters. The molecule has 3 nitrogen and oxygen atoms in total. The summed E-state index contributed by atoms with van der Waals surface area (Å²) in [4.78, 5) is 2.06. The maximum Gasteiger partial charge on any atom is 0.128 e. The van der Waals surface area contributed by atoms with Crippen molar-refractivity contribution in [2.45, 2.75) is 12.8 Å². The lowest BCUT2D eigenvalue weighted by atomic mass is 10.1. The molecule has 0 bridgehead atoms. The Hall–Kier alpha value is -1.29. The molecule has 0 radical (unpaired) electrons. The second kappa shape index (κ2) is 4.98. The highest BCUT2D eigenvalue weighted by molar-refractivity contribution is 5.67. The Morgan fingerprint density at radius 1 is 1.27 bits per heavy atom. The zero-order valence-electron chi connectivity index (χ0n) is 9.26. The molecule has 1 aromatic rings. The lowest BCUT2D eigenvalue weighted by Gasteiger charge is -2.12. The summed E-state index contributed by atoms with van der Waals surface area (Å²) >= 11 is 0. The van der Waals surface area contributed by atoms with Gasteiger partial charge in [-0.25, -0.2) is 4.39 Å². The van der Waals surface area contributed by atoms with Gasteiger partial charge in [0.05, 0.1) is 11.4 Å². The van der Waals surface area contributed by atoms with Crippen LogP contribution in [0.25, 0.3) is 0 Å². The maximum absolute atomic E-state index is 13.4. The van der Waals surface area contributed by atoms with Crippen molar-refractivity contribution in [1.82, 2.24) is 4.90 Å². The smallest absolute Gasteiger partial charge is 0.128 e. The first kappa shape index (κ1) is 11.8. The largest absolute Gasteiger partial charge is 0.397 e. The average molecular weight is 211 g/mol. The number of hydrogen-bond donors (Lipinski definition) is 2. The summed E-state index contributed by atoms with van der Waals surface area (Å²) in [7, 11) is 3.97. The lowest BCUT2D eigenvalue weighted by Crippen LogP contribution is -2.14. The Morgan fingerprint density at radius 3 is 2.53 bits per heavy atom. The molecule has 0 heterocycles. The van der Waals surface area contributed by atoms with E-state index in [1.54, 1.807) is 0 Å². The van der Waals surface area contributed by atoms with Crippen molar-refractivity contribution >= 4 is 11.4 Å². The average Bonchev–Trinajstić information content (AvgIpc) is 2.17. The maximum atomic E-state index is 13.4. The lowest BCUT2D eigenvalue weighted by molar-refractivity contribution is 0.399. The van der Waals surface area contributed by atoms with E-state index in [0.29, 0.717) is 23.4 Å². The van der Waals surface area contributed by atoms with Gasteiger partial charge in [0.25, 0.3) is 0 Å². The van der Waals surface area contributed by atoms with Crippen LogP contribution in [0.2, 0.25) is 0 Å². The molecular formula is C11H18FN3. The Labute approximate surface area is 89.9 Å². The number of nitrogens with zero attached hydrogens (tertiary/aromatic N) is 1. The summed E-state index contributed by atoms with van der Waals surface area (Å²) < 4.78 is 13.4. The highest BCUT2D eigenvalue weighted by atomic mass is 19.1. The topological polar surface area (TPSA) is 55.3 Å². The predicted octanol–water partition coefficient (Wildman–Crippen LogP) is 1.48. The zero-order valence-corrected chi connectivity index (χ0v) is 9.26. The molecule has 15 heavy (non-hydrogen) atoms. The Morgan fingerprint density at radius 2 is 1.93 bits per heavy atom. The van der Waals surface area contributed by atoms with E-state index in [9.17, 15) is 4.39 Å². The zero-order chi connectivity index (χ0) is 11.4. The van der Waals surface area contributed by atoms with Crippen LogP contribution >= 0.6 is 0 Å². The first-order valence-electron chi connectivity index (χ1n) is 4.99. The number of anilines is 2. The van der Waals surface area contributed by atoms with Crippen molar-refractivity contribution in [3.05, 3.63) is 23.5 Å². The van der Waals surface area contributed by atoms with Gasteiger partial charge in [0, 0.05) is 5.56 Å². The van der Waals surface area contributed by atoms with Crippen molar-refractivity contribution in [2.75, 3.05) is 32.1 Å². The number of nitrogen functional groups attached to an aromatic ring is 2. The molecule has 0 spiro atoms. The minimum absolute atomic E-state index is 0.263. The molecule has 0 aliphatic heterocycles. The van der Waals surface area contributed by atoms with E-state index in [0.717, 1.165) is 13.0 Å². The standard InChI is InChI=1S/C11H18FN3/c1-15(2)7-3-4-8-9(12)5-6-10(13)11(8)14/h5-6H,3-4,7,13-14H2,1-2H3. The van der Waals surface area contributed by atoms with Crippen molar-refractivity contribution in [3.8, 4) is 0 Å². The first-order valence-corrected chi connectivity index (χ1v) is 4.99. The quantitative estimate of drug-likeness (QED) is 0.742. The summed E-state index contributed by atoms with van der Waals surface area (Å²) in [6, 6.07) is 2.87. The fraction of sp³-hybridized carbons (Fsp3) is 0.455. The van der Waals surface area contributed by atoms with E-state index >= 15 is 0 Å². The molecular weight excluding hydrogens is 193 g/mol. The fourth-order valence-electron chi connectivity index (χ4n) is 1.48. The van der Waals surface area contributed by atoms with Crippen LogP contribution in [-0.2, 0) is 6.42 Å². The number of rotatable bonds is 4. The molecule has 0 aliphatic rings. The van der Waals surface area contributed by atoms with E-state index in [1.165, 1.54) is 12.1 Å². The molecule has 1 rings (SSSR count). The van der Waals surface area contributed by atoms with Gasteiger partial charge in [0.15, 0.2) is 0 Å². The van der Waals surface area contributed by atoms with Crippen molar-refractivity contribution in [2.24, 2.45) is 0 Å². The molecule has 4 N–H and O–H groups in total. The van der Waals surface area contributed by atoms with E-state index in [1.807, 2.05) is 14.1 Å². The van der Waals surface area contributed by atoms with Crippen LogP contribution in [0.1, 0.15) is 12.0 Å². The Bertz CT molecular complexity index is 337. The van der Waals surface area contributed by atoms with E-state index in [-0.39, 0.29) is 5.82 Å². The van der Waals surface area contributed by atoms with E-state index in [2.05, 4.69) is 4.90 Å². The third-order valence-corrected chi connectivity index (χ3v) is 2.37. The van der Waals surface area contributed by atoms with Crippen LogP contribution in [0, 0.1) is 5.82 Å². The summed E-state index contributed by atoms with van der Waals surface area (Å²) in [5.74, 6) is -0.263. The summed E-state index contributed by atoms with van der Waals surface area (Å²) in [6.45, 7) is 0.910. The summed E-state index contributed by atoms with van der Waals surface area (Å²) in [5, 5.41) is 0. The second-order valence-electron chi connectivity index (χ2n) is 3.94. The van der Waals surface area contributed by atoms with Crippen LogP contribution in [0.4, 0.5) is 15.8 Å². The van der Waals surface area contributed by atoms with E-state index in [4.69, 9.17) is 11.5 Å². The molecule has 0 fully saturated rings. The van der Waals surface area contributed by atoms with Crippen LogP contribution in [0.15, 0.2) is 12.1 Å². The predicted molar refractivity (Wildman–Crippen MR) is 62.1 cm³/mol. The summed E-state index contributed by atoms with van der Waals surface area (Å²) in [6.07, 6.45) is 1.50. The number of hydrogen-bond acceptors (Lipinski definition) is 3. The van der Waals surface area contributed by atoms with Gasteiger partial charge in [0.2, 0.25) is 0 Å². The van der Waals surface area contributed by atoms with Crippen LogP contribution in [-0.4, -0.2) is 25.5 Å². The van der Waals surface area contributed by atoms with E-state index < -0.39 is 0 Å². The normalized spacial score (nSPS) is 10.9. The van der Waals surface area contributed by atoms with Gasteiger partial charge in [-0.1, -0.05) is 0 Å². The van der Waals surface area contributed by atoms with Crippen LogP contribution < -0.4 is 11.5 Å². The van der Waals surface area contributed by atoms with Crippen LogP contribution in [0.3, 0.4) is 0 Å². The monoisotopic (exact) mass is 211 g/mol. The van der Waals surface area contributed by atoms with Gasteiger partial charge in [-0.2, -0.15) is 0 Å². The SMILES string of the molecule is CN(C)CCCc1c(F)ccc(N)c1N.